The van der Waals surface area contributed by atoms with Crippen molar-refractivity contribution in [1.82, 2.24) is 14.5 Å². The Morgan fingerprint density at radius 2 is 1.18 bits per heavy atom. The summed E-state index contributed by atoms with van der Waals surface area (Å²) in [5.74, 6) is 0.683. The fourth-order valence-electron chi connectivity index (χ4n) is 7.02. The van der Waals surface area contributed by atoms with E-state index in [-0.39, 0.29) is 0 Å². The van der Waals surface area contributed by atoms with E-state index in [1.165, 1.54) is 47.1 Å². The molecule has 0 amide bonds. The third-order valence-corrected chi connectivity index (χ3v) is 10.1. The smallest absolute Gasteiger partial charge is 0.235 e. The van der Waals surface area contributed by atoms with Crippen LogP contribution in [0.3, 0.4) is 0 Å². The first-order chi connectivity index (χ1) is 21.8. The molecular weight excluding hydrogens is 555 g/mol. The molecule has 3 aromatic heterocycles. The molecule has 0 aliphatic heterocycles. The molecule has 0 fully saturated rings. The van der Waals surface area contributed by atoms with E-state index in [0.717, 1.165) is 38.6 Å². The number of hydrogen-bond acceptors (Lipinski definition) is 3. The van der Waals surface area contributed by atoms with E-state index in [0.29, 0.717) is 5.95 Å². The zero-order valence-electron chi connectivity index (χ0n) is 23.5. The minimum atomic E-state index is 0.683. The molecule has 0 bridgehead atoms. The average molecular weight is 578 g/mol. The summed E-state index contributed by atoms with van der Waals surface area (Å²) >= 11 is 1.87. The lowest BCUT2D eigenvalue weighted by molar-refractivity contribution is 1.01. The fourth-order valence-corrected chi connectivity index (χ4v) is 8.17. The first kappa shape index (κ1) is 23.9. The molecule has 0 aliphatic carbocycles. The Balaban J connectivity index is 1.36. The van der Waals surface area contributed by atoms with Crippen LogP contribution in [0.1, 0.15) is 0 Å². The maximum atomic E-state index is 5.39. The summed E-state index contributed by atoms with van der Waals surface area (Å²) in [6, 6.07) is 49.9. The monoisotopic (exact) mass is 577 g/mol. The van der Waals surface area contributed by atoms with Crippen molar-refractivity contribution in [3.63, 3.8) is 0 Å². The minimum absolute atomic E-state index is 0.683. The summed E-state index contributed by atoms with van der Waals surface area (Å²) in [4.78, 5) is 10.7. The molecule has 44 heavy (non-hydrogen) atoms. The number of benzene rings is 7. The van der Waals surface area contributed by atoms with E-state index in [2.05, 4.69) is 144 Å². The first-order valence-electron chi connectivity index (χ1n) is 14.8. The maximum absolute atomic E-state index is 5.39. The number of fused-ring (bicyclic) bond motifs is 11. The van der Waals surface area contributed by atoms with Gasteiger partial charge in [-0.05, 0) is 57.9 Å². The highest BCUT2D eigenvalue weighted by molar-refractivity contribution is 7.26. The summed E-state index contributed by atoms with van der Waals surface area (Å²) in [6.45, 7) is 0. The van der Waals surface area contributed by atoms with Crippen LogP contribution >= 0.6 is 11.3 Å². The molecule has 0 atom stereocenters. The zero-order valence-corrected chi connectivity index (χ0v) is 24.3. The lowest BCUT2D eigenvalue weighted by Gasteiger charge is -2.13. The Hall–Kier alpha value is -5.58. The summed E-state index contributed by atoms with van der Waals surface area (Å²) in [6.07, 6.45) is 0. The molecule has 0 unspecified atom stereocenters. The number of nitrogens with zero attached hydrogens (tertiary/aromatic N) is 3. The van der Waals surface area contributed by atoms with Gasteiger partial charge in [-0.3, -0.25) is 4.57 Å². The summed E-state index contributed by atoms with van der Waals surface area (Å²) in [5.41, 5.74) is 5.19. The van der Waals surface area contributed by atoms with Crippen molar-refractivity contribution in [2.75, 3.05) is 0 Å². The molecule has 10 rings (SSSR count). The van der Waals surface area contributed by atoms with Crippen LogP contribution in [0.2, 0.25) is 0 Å². The van der Waals surface area contributed by atoms with Gasteiger partial charge in [-0.2, -0.15) is 0 Å². The largest absolute Gasteiger partial charge is 0.278 e. The zero-order chi connectivity index (χ0) is 28.8. The van der Waals surface area contributed by atoms with Crippen molar-refractivity contribution in [3.8, 4) is 17.2 Å². The highest BCUT2D eigenvalue weighted by Crippen LogP contribution is 2.44. The van der Waals surface area contributed by atoms with Gasteiger partial charge in [-0.25, -0.2) is 9.97 Å². The molecular formula is C40H23N3S. The summed E-state index contributed by atoms with van der Waals surface area (Å²) < 4.78 is 4.86. The molecule has 204 valence electrons. The van der Waals surface area contributed by atoms with E-state index >= 15 is 0 Å². The molecule has 0 spiro atoms. The first-order valence-corrected chi connectivity index (χ1v) is 15.7. The van der Waals surface area contributed by atoms with Crippen molar-refractivity contribution >= 4 is 85.8 Å². The SMILES string of the molecule is c1ccc(-c2nc(-n3c4ccccc4c4c5c(ccc43)sc3cc4ccccc4cc35)nc3ccc4ccccc4c23)cc1. The Kier molecular flexibility index (Phi) is 4.87. The van der Waals surface area contributed by atoms with Crippen LogP contribution in [0.5, 0.6) is 0 Å². The van der Waals surface area contributed by atoms with E-state index < -0.39 is 0 Å². The predicted octanol–water partition coefficient (Wildman–Crippen LogP) is 11.1. The predicted molar refractivity (Wildman–Crippen MR) is 187 cm³/mol. The Morgan fingerprint density at radius 3 is 2.05 bits per heavy atom. The molecule has 7 aromatic carbocycles. The summed E-state index contributed by atoms with van der Waals surface area (Å²) in [7, 11) is 0. The quantitative estimate of drug-likeness (QED) is 0.191. The fraction of sp³-hybridized carbons (Fsp3) is 0. The van der Waals surface area contributed by atoms with Gasteiger partial charge in [0.25, 0.3) is 0 Å². The second-order valence-electron chi connectivity index (χ2n) is 11.4. The Bertz CT molecular complexity index is 2770. The topological polar surface area (TPSA) is 30.7 Å². The van der Waals surface area contributed by atoms with Gasteiger partial charge >= 0.3 is 0 Å². The normalized spacial score (nSPS) is 12.1. The second-order valence-corrected chi connectivity index (χ2v) is 12.5. The molecule has 3 heterocycles. The third kappa shape index (κ3) is 3.31. The van der Waals surface area contributed by atoms with Gasteiger partial charge in [-0.1, -0.05) is 103 Å². The van der Waals surface area contributed by atoms with E-state index in [4.69, 9.17) is 9.97 Å². The lowest BCUT2D eigenvalue weighted by Crippen LogP contribution is -2.03. The van der Waals surface area contributed by atoms with Gasteiger partial charge in [0.1, 0.15) is 0 Å². The molecule has 3 nitrogen and oxygen atoms in total. The standard InChI is InChI=1S/C40H23N3S/c1-2-11-25(12-3-1)39-36-28-15-7-6-10-24(28)18-19-31(36)41-40(42-39)43-32-17-9-8-16-29(32)37-33(43)20-21-34-38(37)30-22-26-13-4-5-14-27(26)23-35(30)44-34/h1-23H. The number of thiophene rings is 1. The third-order valence-electron chi connectivity index (χ3n) is 8.96. The maximum Gasteiger partial charge on any atom is 0.235 e. The summed E-state index contributed by atoms with van der Waals surface area (Å²) in [5, 5.41) is 11.0. The molecule has 0 aliphatic rings. The molecule has 0 radical (unpaired) electrons. The van der Waals surface area contributed by atoms with Gasteiger partial charge < -0.3 is 0 Å². The van der Waals surface area contributed by atoms with Crippen LogP contribution in [0, 0.1) is 0 Å². The van der Waals surface area contributed by atoms with Crippen molar-refractivity contribution < 1.29 is 0 Å². The number of para-hydroxylation sites is 1. The van der Waals surface area contributed by atoms with Gasteiger partial charge in [-0.15, -0.1) is 11.3 Å². The van der Waals surface area contributed by atoms with Crippen LogP contribution < -0.4 is 0 Å². The molecule has 0 saturated heterocycles. The van der Waals surface area contributed by atoms with Crippen LogP contribution in [-0.2, 0) is 0 Å². The Labute approximate surface area is 256 Å². The molecule has 0 saturated carbocycles. The molecule has 0 N–H and O–H groups in total. The number of rotatable bonds is 2. The van der Waals surface area contributed by atoms with E-state index in [9.17, 15) is 0 Å². The van der Waals surface area contributed by atoms with Crippen molar-refractivity contribution in [2.45, 2.75) is 0 Å². The second kappa shape index (κ2) is 8.96. The highest BCUT2D eigenvalue weighted by atomic mass is 32.1. The molecule has 4 heteroatoms. The van der Waals surface area contributed by atoms with Gasteiger partial charge in [0.15, 0.2) is 0 Å². The van der Waals surface area contributed by atoms with Crippen molar-refractivity contribution in [2.24, 2.45) is 0 Å². The van der Waals surface area contributed by atoms with Crippen LogP contribution in [0.25, 0.3) is 91.6 Å². The lowest BCUT2D eigenvalue weighted by atomic mass is 10.0. The van der Waals surface area contributed by atoms with E-state index in [1.807, 2.05) is 11.3 Å². The van der Waals surface area contributed by atoms with Crippen molar-refractivity contribution in [3.05, 3.63) is 140 Å². The van der Waals surface area contributed by atoms with Gasteiger partial charge in [0, 0.05) is 41.9 Å². The van der Waals surface area contributed by atoms with Crippen LogP contribution in [0.4, 0.5) is 0 Å². The van der Waals surface area contributed by atoms with Gasteiger partial charge in [0.2, 0.25) is 5.95 Å². The average Bonchev–Trinajstić information content (AvgIpc) is 3.62. The Morgan fingerprint density at radius 1 is 0.455 bits per heavy atom. The van der Waals surface area contributed by atoms with Gasteiger partial charge in [0.05, 0.1) is 22.2 Å². The van der Waals surface area contributed by atoms with Crippen molar-refractivity contribution in [1.29, 1.82) is 0 Å². The highest BCUT2D eigenvalue weighted by Gasteiger charge is 2.21. The van der Waals surface area contributed by atoms with E-state index in [1.54, 1.807) is 0 Å². The molecule has 10 aromatic rings. The van der Waals surface area contributed by atoms with Crippen LogP contribution in [0.15, 0.2) is 140 Å². The minimum Gasteiger partial charge on any atom is -0.278 e. The number of hydrogen-bond donors (Lipinski definition) is 0. The van der Waals surface area contributed by atoms with Crippen LogP contribution in [-0.4, -0.2) is 14.5 Å². The number of aromatic nitrogens is 3.